The molecule has 0 radical (unpaired) electrons. The molecule has 1 aromatic rings. The van der Waals surface area contributed by atoms with E-state index in [1.54, 1.807) is 12.3 Å². The number of thioether (sulfide) groups is 1. The second-order valence-corrected chi connectivity index (χ2v) is 8.07. The van der Waals surface area contributed by atoms with Crippen molar-refractivity contribution in [3.05, 3.63) is 18.5 Å². The molecule has 1 fully saturated rings. The zero-order chi connectivity index (χ0) is 15.3. The molecule has 0 bridgehead atoms. The molecule has 1 saturated carbocycles. The van der Waals surface area contributed by atoms with Crippen LogP contribution in [0.4, 0.5) is 5.69 Å². The monoisotopic (exact) mass is 329 g/mol. The minimum atomic E-state index is -3.53. The van der Waals surface area contributed by atoms with E-state index in [1.165, 1.54) is 12.6 Å². The molecule has 2 unspecified atom stereocenters. The standard InChI is InChI=1S/C14H23N3O2S2/c1-3-16-13-7-8-15-10-14(13)21(18,19)17-11-5-4-6-12(9-11)20-2/h7-8,10-12,17H,3-6,9H2,1-2H3,(H,15,16). The van der Waals surface area contributed by atoms with Gasteiger partial charge in [-0.25, -0.2) is 13.1 Å². The van der Waals surface area contributed by atoms with Crippen molar-refractivity contribution in [3.8, 4) is 0 Å². The maximum Gasteiger partial charge on any atom is 0.244 e. The van der Waals surface area contributed by atoms with Gasteiger partial charge in [0.25, 0.3) is 0 Å². The predicted octanol–water partition coefficient (Wildman–Crippen LogP) is 2.47. The Morgan fingerprint density at radius 2 is 2.24 bits per heavy atom. The summed E-state index contributed by atoms with van der Waals surface area (Å²) >= 11 is 1.82. The van der Waals surface area contributed by atoms with Crippen LogP contribution in [0.1, 0.15) is 32.6 Å². The lowest BCUT2D eigenvalue weighted by molar-refractivity contribution is 0.421. The molecule has 1 heterocycles. The summed E-state index contributed by atoms with van der Waals surface area (Å²) in [5.41, 5.74) is 0.609. The number of anilines is 1. The minimum Gasteiger partial charge on any atom is -0.384 e. The zero-order valence-electron chi connectivity index (χ0n) is 12.5. The number of hydrogen-bond acceptors (Lipinski definition) is 5. The van der Waals surface area contributed by atoms with Gasteiger partial charge in [0.15, 0.2) is 0 Å². The number of rotatable bonds is 6. The highest BCUT2D eigenvalue weighted by atomic mass is 32.2. The van der Waals surface area contributed by atoms with Crippen LogP contribution in [0, 0.1) is 0 Å². The van der Waals surface area contributed by atoms with E-state index in [9.17, 15) is 8.42 Å². The summed E-state index contributed by atoms with van der Waals surface area (Å²) in [6.07, 6.45) is 9.16. The van der Waals surface area contributed by atoms with Crippen LogP contribution >= 0.6 is 11.8 Å². The lowest BCUT2D eigenvalue weighted by atomic mass is 9.96. The summed E-state index contributed by atoms with van der Waals surface area (Å²) in [6.45, 7) is 2.61. The largest absolute Gasteiger partial charge is 0.384 e. The summed E-state index contributed by atoms with van der Waals surface area (Å²) < 4.78 is 28.0. The fraction of sp³-hybridized carbons (Fsp3) is 0.643. The molecule has 0 amide bonds. The van der Waals surface area contributed by atoms with E-state index in [4.69, 9.17) is 0 Å². The van der Waals surface area contributed by atoms with Gasteiger partial charge in [-0.3, -0.25) is 4.98 Å². The van der Waals surface area contributed by atoms with E-state index >= 15 is 0 Å². The van der Waals surface area contributed by atoms with E-state index in [2.05, 4.69) is 21.3 Å². The van der Waals surface area contributed by atoms with Crippen LogP contribution in [0.25, 0.3) is 0 Å². The van der Waals surface area contributed by atoms with Gasteiger partial charge < -0.3 is 5.32 Å². The lowest BCUT2D eigenvalue weighted by Gasteiger charge is -2.28. The third-order valence-corrected chi connectivity index (χ3v) is 6.37. The Morgan fingerprint density at radius 1 is 1.43 bits per heavy atom. The van der Waals surface area contributed by atoms with E-state index < -0.39 is 10.0 Å². The van der Waals surface area contributed by atoms with Crippen molar-refractivity contribution in [2.75, 3.05) is 18.1 Å². The van der Waals surface area contributed by atoms with Gasteiger partial charge in [0.2, 0.25) is 10.0 Å². The van der Waals surface area contributed by atoms with Crippen LogP contribution < -0.4 is 10.0 Å². The average molecular weight is 329 g/mol. The first-order valence-electron chi connectivity index (χ1n) is 7.29. The maximum absolute atomic E-state index is 12.6. The molecule has 1 aliphatic carbocycles. The van der Waals surface area contributed by atoms with Gasteiger partial charge in [-0.1, -0.05) is 6.42 Å². The lowest BCUT2D eigenvalue weighted by Crippen LogP contribution is -2.39. The fourth-order valence-corrected chi connectivity index (χ4v) is 4.92. The zero-order valence-corrected chi connectivity index (χ0v) is 14.1. The number of pyridine rings is 1. The molecule has 1 aliphatic rings. The number of aromatic nitrogens is 1. The number of nitrogens with one attached hydrogen (secondary N) is 2. The van der Waals surface area contributed by atoms with Crippen LogP contribution in [0.2, 0.25) is 0 Å². The summed E-state index contributed by atoms with van der Waals surface area (Å²) in [4.78, 5) is 4.19. The van der Waals surface area contributed by atoms with Crippen LogP contribution in [-0.4, -0.2) is 37.5 Å². The molecule has 5 nitrogen and oxygen atoms in total. The van der Waals surface area contributed by atoms with Crippen molar-refractivity contribution in [1.29, 1.82) is 0 Å². The first-order valence-corrected chi connectivity index (χ1v) is 10.1. The van der Waals surface area contributed by atoms with E-state index in [0.29, 0.717) is 17.5 Å². The molecule has 2 N–H and O–H groups in total. The second-order valence-electron chi connectivity index (χ2n) is 5.24. The molecule has 7 heteroatoms. The van der Waals surface area contributed by atoms with Crippen molar-refractivity contribution in [3.63, 3.8) is 0 Å². The summed E-state index contributed by atoms with van der Waals surface area (Å²) in [7, 11) is -3.53. The van der Waals surface area contributed by atoms with Gasteiger partial charge in [0, 0.05) is 30.2 Å². The van der Waals surface area contributed by atoms with Gasteiger partial charge in [-0.2, -0.15) is 11.8 Å². The van der Waals surface area contributed by atoms with Crippen molar-refractivity contribution in [2.45, 2.75) is 48.8 Å². The van der Waals surface area contributed by atoms with E-state index in [0.717, 1.165) is 19.3 Å². The number of nitrogens with zero attached hydrogens (tertiary/aromatic N) is 1. The molecule has 0 spiro atoms. The van der Waals surface area contributed by atoms with Crippen molar-refractivity contribution < 1.29 is 8.42 Å². The molecular formula is C14H23N3O2S2. The first-order chi connectivity index (χ1) is 10.1. The quantitative estimate of drug-likeness (QED) is 0.839. The second kappa shape index (κ2) is 7.47. The normalized spacial score (nSPS) is 23.0. The molecule has 2 atom stereocenters. The Kier molecular flexibility index (Phi) is 5.89. The predicted molar refractivity (Wildman–Crippen MR) is 88.3 cm³/mol. The fourth-order valence-electron chi connectivity index (χ4n) is 2.68. The van der Waals surface area contributed by atoms with Crippen molar-refractivity contribution >= 4 is 27.5 Å². The minimum absolute atomic E-state index is 0.0240. The summed E-state index contributed by atoms with van der Waals surface area (Å²) in [5, 5.41) is 3.63. The summed E-state index contributed by atoms with van der Waals surface area (Å²) in [6, 6.07) is 1.72. The van der Waals surface area contributed by atoms with E-state index in [-0.39, 0.29) is 10.9 Å². The van der Waals surface area contributed by atoms with Crippen LogP contribution in [0.15, 0.2) is 23.4 Å². The summed E-state index contributed by atoms with van der Waals surface area (Å²) in [5.74, 6) is 0. The van der Waals surface area contributed by atoms with Gasteiger partial charge in [0.05, 0.1) is 5.69 Å². The van der Waals surface area contributed by atoms with E-state index in [1.807, 2.05) is 18.7 Å². The highest BCUT2D eigenvalue weighted by molar-refractivity contribution is 7.99. The molecule has 0 aromatic carbocycles. The van der Waals surface area contributed by atoms with Crippen LogP contribution in [-0.2, 0) is 10.0 Å². The SMILES string of the molecule is CCNc1ccncc1S(=O)(=O)NC1CCCC(SC)C1. The molecule has 118 valence electrons. The third kappa shape index (κ3) is 4.34. The third-order valence-electron chi connectivity index (χ3n) is 3.72. The molecule has 0 aliphatic heterocycles. The number of hydrogen-bond donors (Lipinski definition) is 2. The first kappa shape index (κ1) is 16.6. The highest BCUT2D eigenvalue weighted by Crippen LogP contribution is 2.28. The van der Waals surface area contributed by atoms with Gasteiger partial charge >= 0.3 is 0 Å². The van der Waals surface area contributed by atoms with Crippen LogP contribution in [0.5, 0.6) is 0 Å². The Morgan fingerprint density at radius 3 is 2.95 bits per heavy atom. The Hall–Kier alpha value is -0.790. The smallest absolute Gasteiger partial charge is 0.244 e. The number of sulfonamides is 1. The molecule has 1 aromatic heterocycles. The molecule has 0 saturated heterocycles. The van der Waals surface area contributed by atoms with Gasteiger partial charge in [0.1, 0.15) is 4.90 Å². The van der Waals surface area contributed by atoms with Gasteiger partial charge in [-0.05, 0) is 38.5 Å². The van der Waals surface area contributed by atoms with Crippen molar-refractivity contribution in [2.24, 2.45) is 0 Å². The Balaban J connectivity index is 2.15. The highest BCUT2D eigenvalue weighted by Gasteiger charge is 2.27. The average Bonchev–Trinajstić information content (AvgIpc) is 2.48. The molecular weight excluding hydrogens is 306 g/mol. The van der Waals surface area contributed by atoms with Crippen molar-refractivity contribution in [1.82, 2.24) is 9.71 Å². The maximum atomic E-state index is 12.6. The molecule has 2 rings (SSSR count). The Labute approximate surface area is 131 Å². The van der Waals surface area contributed by atoms with Gasteiger partial charge in [-0.15, -0.1) is 0 Å². The Bertz CT molecular complexity index is 563. The molecule has 21 heavy (non-hydrogen) atoms. The topological polar surface area (TPSA) is 71.1 Å². The van der Waals surface area contributed by atoms with Crippen LogP contribution in [0.3, 0.4) is 0 Å².